The van der Waals surface area contributed by atoms with Gasteiger partial charge in [-0.2, -0.15) is 0 Å². The van der Waals surface area contributed by atoms with E-state index in [2.05, 4.69) is 42.9 Å². The van der Waals surface area contributed by atoms with Crippen LogP contribution in [0.4, 0.5) is 4.39 Å². The zero-order chi connectivity index (χ0) is 12.3. The first-order valence-corrected chi connectivity index (χ1v) is 8.51. The molecule has 0 bridgehead atoms. The summed E-state index contributed by atoms with van der Waals surface area (Å²) >= 11 is 3.15. The average Bonchev–Trinajstić information content (AvgIpc) is 2.20. The monoisotopic (exact) mass is 303 g/mol. The molecule has 0 spiro atoms. The van der Waals surface area contributed by atoms with Gasteiger partial charge in [-0.25, -0.2) is 4.39 Å². The lowest BCUT2D eigenvalue weighted by Crippen LogP contribution is -2.27. The molecule has 0 aromatic heterocycles. The molecule has 0 saturated heterocycles. The summed E-state index contributed by atoms with van der Waals surface area (Å²) in [7, 11) is -0.409. The number of rotatable bonds is 4. The highest BCUT2D eigenvalue weighted by Gasteiger charge is 2.24. The Hall–Kier alpha value is -0.353. The Bertz CT molecular complexity index is 366. The van der Waals surface area contributed by atoms with E-state index in [9.17, 15) is 4.39 Å². The summed E-state index contributed by atoms with van der Waals surface area (Å²) in [5, 5.41) is 0.214. The summed E-state index contributed by atoms with van der Waals surface area (Å²) in [5.74, 6) is 0.451. The smallest absolute Gasteiger partial charge is 0.137 e. The standard InChI is InChI=1S/C12H17BrFOSi/c1-12(2,16(3)4)8-15-9-5-6-11(14)10(13)7-9/h5-7H,8H2,1-4H3. The van der Waals surface area contributed by atoms with Crippen LogP contribution < -0.4 is 4.74 Å². The Balaban J connectivity index is 2.65. The van der Waals surface area contributed by atoms with Gasteiger partial charge in [0.1, 0.15) is 11.6 Å². The van der Waals surface area contributed by atoms with Gasteiger partial charge in [0, 0.05) is 0 Å². The summed E-state index contributed by atoms with van der Waals surface area (Å²) in [6.45, 7) is 9.63. The van der Waals surface area contributed by atoms with Crippen molar-refractivity contribution in [2.24, 2.45) is 0 Å². The molecule has 16 heavy (non-hydrogen) atoms. The minimum atomic E-state index is -0.409. The zero-order valence-corrected chi connectivity index (χ0v) is 12.7. The van der Waals surface area contributed by atoms with Crippen molar-refractivity contribution in [1.29, 1.82) is 0 Å². The van der Waals surface area contributed by atoms with Crippen molar-refractivity contribution in [3.8, 4) is 5.75 Å². The first-order valence-electron chi connectivity index (χ1n) is 5.21. The fourth-order valence-electron chi connectivity index (χ4n) is 0.975. The lowest BCUT2D eigenvalue weighted by atomic mass is 10.2. The summed E-state index contributed by atoms with van der Waals surface area (Å²) < 4.78 is 19.1. The molecule has 0 N–H and O–H groups in total. The molecule has 0 unspecified atom stereocenters. The Morgan fingerprint density at radius 3 is 2.50 bits per heavy atom. The second-order valence-electron chi connectivity index (χ2n) is 4.75. The van der Waals surface area contributed by atoms with Crippen LogP contribution in [0.25, 0.3) is 0 Å². The fraction of sp³-hybridized carbons (Fsp3) is 0.500. The van der Waals surface area contributed by atoms with Crippen molar-refractivity contribution in [1.82, 2.24) is 0 Å². The van der Waals surface area contributed by atoms with Crippen LogP contribution in [0.2, 0.25) is 18.1 Å². The van der Waals surface area contributed by atoms with Crippen molar-refractivity contribution in [2.45, 2.75) is 32.0 Å². The third-order valence-electron chi connectivity index (χ3n) is 2.84. The van der Waals surface area contributed by atoms with Crippen LogP contribution in [0.3, 0.4) is 0 Å². The molecule has 1 aromatic rings. The summed E-state index contributed by atoms with van der Waals surface area (Å²) in [6.07, 6.45) is 0. The molecular weight excluding hydrogens is 287 g/mol. The van der Waals surface area contributed by atoms with E-state index in [0.717, 1.165) is 0 Å². The van der Waals surface area contributed by atoms with Gasteiger partial charge in [-0.15, -0.1) is 0 Å². The van der Waals surface area contributed by atoms with Crippen molar-refractivity contribution in [2.75, 3.05) is 6.61 Å². The van der Waals surface area contributed by atoms with E-state index in [1.165, 1.54) is 6.07 Å². The molecule has 0 aliphatic rings. The predicted octanol–water partition coefficient (Wildman–Crippen LogP) is 4.50. The third-order valence-corrected chi connectivity index (χ3v) is 6.30. The normalized spacial score (nSPS) is 11.9. The Morgan fingerprint density at radius 2 is 2.00 bits per heavy atom. The van der Waals surface area contributed by atoms with Gasteiger partial charge in [-0.3, -0.25) is 0 Å². The highest BCUT2D eigenvalue weighted by molar-refractivity contribution is 9.10. The molecule has 0 aliphatic heterocycles. The van der Waals surface area contributed by atoms with Crippen molar-refractivity contribution >= 4 is 24.7 Å². The van der Waals surface area contributed by atoms with E-state index in [1.54, 1.807) is 12.1 Å². The van der Waals surface area contributed by atoms with Gasteiger partial charge in [0.15, 0.2) is 0 Å². The number of hydrogen-bond acceptors (Lipinski definition) is 1. The Kier molecular flexibility index (Phi) is 4.56. The molecule has 89 valence electrons. The minimum absolute atomic E-state index is 0.214. The molecule has 0 amide bonds. The Labute approximate surface area is 107 Å². The lowest BCUT2D eigenvalue weighted by Gasteiger charge is -2.27. The van der Waals surface area contributed by atoms with Crippen molar-refractivity contribution in [3.05, 3.63) is 28.5 Å². The van der Waals surface area contributed by atoms with E-state index >= 15 is 0 Å². The minimum Gasteiger partial charge on any atom is -0.493 e. The second-order valence-corrected chi connectivity index (χ2v) is 8.96. The maximum atomic E-state index is 13.0. The van der Waals surface area contributed by atoms with Gasteiger partial charge in [0.05, 0.1) is 19.9 Å². The summed E-state index contributed by atoms with van der Waals surface area (Å²) in [6, 6.07) is 4.74. The van der Waals surface area contributed by atoms with Crippen LogP contribution in [0.1, 0.15) is 13.8 Å². The maximum absolute atomic E-state index is 13.0. The van der Waals surface area contributed by atoms with Crippen LogP contribution >= 0.6 is 15.9 Å². The largest absolute Gasteiger partial charge is 0.493 e. The predicted molar refractivity (Wildman–Crippen MR) is 71.1 cm³/mol. The van der Waals surface area contributed by atoms with Gasteiger partial charge in [0.25, 0.3) is 0 Å². The Morgan fingerprint density at radius 1 is 1.38 bits per heavy atom. The van der Waals surface area contributed by atoms with Gasteiger partial charge in [-0.05, 0) is 39.2 Å². The van der Waals surface area contributed by atoms with Crippen LogP contribution in [0.5, 0.6) is 5.75 Å². The first kappa shape index (κ1) is 13.7. The molecule has 0 atom stereocenters. The highest BCUT2D eigenvalue weighted by Crippen LogP contribution is 2.30. The molecule has 0 heterocycles. The van der Waals surface area contributed by atoms with Crippen LogP contribution in [0, 0.1) is 5.82 Å². The molecule has 0 saturated carbocycles. The van der Waals surface area contributed by atoms with Gasteiger partial charge >= 0.3 is 0 Å². The topological polar surface area (TPSA) is 9.23 Å². The number of halogens is 2. The van der Waals surface area contributed by atoms with Crippen LogP contribution in [-0.2, 0) is 0 Å². The van der Waals surface area contributed by atoms with Crippen LogP contribution in [-0.4, -0.2) is 15.4 Å². The van der Waals surface area contributed by atoms with Crippen LogP contribution in [0.15, 0.2) is 22.7 Å². The molecule has 1 nitrogen and oxygen atoms in total. The van der Waals surface area contributed by atoms with Crippen molar-refractivity contribution in [3.63, 3.8) is 0 Å². The highest BCUT2D eigenvalue weighted by atomic mass is 79.9. The van der Waals surface area contributed by atoms with Crippen molar-refractivity contribution < 1.29 is 9.13 Å². The second kappa shape index (κ2) is 5.32. The first-order chi connectivity index (χ1) is 7.33. The molecule has 4 heteroatoms. The number of hydrogen-bond donors (Lipinski definition) is 0. The number of ether oxygens (including phenoxy) is 1. The quantitative estimate of drug-likeness (QED) is 0.744. The summed E-state index contributed by atoms with van der Waals surface area (Å²) in [5.41, 5.74) is 0. The summed E-state index contributed by atoms with van der Waals surface area (Å²) in [4.78, 5) is 0. The van der Waals surface area contributed by atoms with Gasteiger partial charge in [0.2, 0.25) is 0 Å². The molecule has 0 fully saturated rings. The lowest BCUT2D eigenvalue weighted by molar-refractivity contribution is 0.276. The zero-order valence-electron chi connectivity index (χ0n) is 10.1. The van der Waals surface area contributed by atoms with E-state index in [1.807, 2.05) is 0 Å². The SMILES string of the molecule is C[Si](C)C(C)(C)COc1ccc(F)c(Br)c1. The molecular formula is C12H17BrFOSi. The van der Waals surface area contributed by atoms with Gasteiger partial charge < -0.3 is 4.74 Å². The average molecular weight is 304 g/mol. The van der Waals surface area contributed by atoms with E-state index in [4.69, 9.17) is 4.74 Å². The fourth-order valence-corrected chi connectivity index (χ4v) is 1.69. The van der Waals surface area contributed by atoms with E-state index in [-0.39, 0.29) is 10.9 Å². The van der Waals surface area contributed by atoms with E-state index < -0.39 is 8.80 Å². The number of benzene rings is 1. The molecule has 0 aliphatic carbocycles. The third kappa shape index (κ3) is 3.59. The molecule has 1 aromatic carbocycles. The van der Waals surface area contributed by atoms with E-state index in [0.29, 0.717) is 16.8 Å². The molecule has 1 rings (SSSR count). The molecule has 1 radical (unpaired) electrons. The maximum Gasteiger partial charge on any atom is 0.137 e. The van der Waals surface area contributed by atoms with Gasteiger partial charge in [-0.1, -0.05) is 26.9 Å².